The number of aryl methyl sites for hydroxylation is 1. The first kappa shape index (κ1) is 21.6. The first-order valence-corrected chi connectivity index (χ1v) is 9.77. The molecule has 0 fully saturated rings. The third-order valence-electron chi connectivity index (χ3n) is 4.97. The van der Waals surface area contributed by atoms with Crippen LogP contribution in [-0.2, 0) is 13.1 Å². The van der Waals surface area contributed by atoms with Gasteiger partial charge in [0.25, 0.3) is 0 Å². The zero-order chi connectivity index (χ0) is 21.8. The molecule has 0 heterocycles. The molecule has 0 aliphatic carbocycles. The van der Waals surface area contributed by atoms with Crippen molar-refractivity contribution in [3.8, 4) is 11.1 Å². The molecule has 3 aromatic carbocycles. The van der Waals surface area contributed by atoms with Gasteiger partial charge in [0, 0.05) is 29.2 Å². The molecule has 2 N–H and O–H groups in total. The summed E-state index contributed by atoms with van der Waals surface area (Å²) in [6.07, 6.45) is 0. The van der Waals surface area contributed by atoms with E-state index in [0.29, 0.717) is 34.8 Å². The van der Waals surface area contributed by atoms with E-state index in [-0.39, 0.29) is 16.7 Å². The quantitative estimate of drug-likeness (QED) is 0.536. The zero-order valence-corrected chi connectivity index (χ0v) is 17.5. The maximum atomic E-state index is 12.3. The van der Waals surface area contributed by atoms with Crippen LogP contribution in [0.3, 0.4) is 0 Å². The lowest BCUT2D eigenvalue weighted by molar-refractivity contribution is 0.0694. The number of rotatable bonds is 7. The van der Waals surface area contributed by atoms with Crippen LogP contribution in [0.4, 0.5) is 0 Å². The minimum atomic E-state index is -1.19. The molecule has 0 aromatic heterocycles. The number of halogens is 1. The molecule has 0 aliphatic rings. The summed E-state index contributed by atoms with van der Waals surface area (Å²) in [7, 11) is 1.90. The Morgan fingerprint density at radius 2 is 1.57 bits per heavy atom. The fourth-order valence-corrected chi connectivity index (χ4v) is 3.86. The molecule has 30 heavy (non-hydrogen) atoms. The zero-order valence-electron chi connectivity index (χ0n) is 16.7. The average Bonchev–Trinajstić information content (AvgIpc) is 2.70. The fourth-order valence-electron chi connectivity index (χ4n) is 3.63. The largest absolute Gasteiger partial charge is 0.478 e. The van der Waals surface area contributed by atoms with Gasteiger partial charge in [0.15, 0.2) is 0 Å². The number of carboxylic acid groups (broad SMARTS) is 2. The Bertz CT molecular complexity index is 1100. The Morgan fingerprint density at radius 1 is 0.933 bits per heavy atom. The number of carbonyl (C=O) groups is 2. The number of benzene rings is 3. The van der Waals surface area contributed by atoms with Gasteiger partial charge in [0.05, 0.1) is 11.1 Å². The van der Waals surface area contributed by atoms with Crippen molar-refractivity contribution >= 4 is 23.5 Å². The van der Waals surface area contributed by atoms with Crippen molar-refractivity contribution in [2.24, 2.45) is 0 Å². The van der Waals surface area contributed by atoms with Gasteiger partial charge in [-0.2, -0.15) is 0 Å². The predicted molar refractivity (Wildman–Crippen MR) is 117 cm³/mol. The second kappa shape index (κ2) is 9.11. The summed E-state index contributed by atoms with van der Waals surface area (Å²) in [6, 6.07) is 18.1. The van der Waals surface area contributed by atoms with E-state index in [1.54, 1.807) is 31.2 Å². The molecule has 154 valence electrons. The summed E-state index contributed by atoms with van der Waals surface area (Å²) >= 11 is 6.32. The van der Waals surface area contributed by atoms with Crippen LogP contribution in [0.15, 0.2) is 60.7 Å². The van der Waals surface area contributed by atoms with E-state index in [2.05, 4.69) is 0 Å². The monoisotopic (exact) mass is 423 g/mol. The maximum absolute atomic E-state index is 12.3. The van der Waals surface area contributed by atoms with Gasteiger partial charge in [0.1, 0.15) is 0 Å². The van der Waals surface area contributed by atoms with Crippen molar-refractivity contribution in [3.05, 3.63) is 93.5 Å². The van der Waals surface area contributed by atoms with Gasteiger partial charge in [-0.1, -0.05) is 60.1 Å². The first-order chi connectivity index (χ1) is 14.3. The fraction of sp³-hybridized carbons (Fsp3) is 0.167. The first-order valence-electron chi connectivity index (χ1n) is 9.40. The number of aromatic carboxylic acids is 2. The molecule has 6 heteroatoms. The van der Waals surface area contributed by atoms with E-state index < -0.39 is 11.9 Å². The van der Waals surface area contributed by atoms with E-state index in [0.717, 1.165) is 5.56 Å². The van der Waals surface area contributed by atoms with Gasteiger partial charge < -0.3 is 10.2 Å². The lowest BCUT2D eigenvalue weighted by Gasteiger charge is -2.23. The van der Waals surface area contributed by atoms with Crippen LogP contribution in [0.2, 0.25) is 5.02 Å². The molecular formula is C24H22ClNO4. The van der Waals surface area contributed by atoms with Crippen LogP contribution in [0.25, 0.3) is 11.1 Å². The van der Waals surface area contributed by atoms with Crippen LogP contribution in [0, 0.1) is 6.92 Å². The molecule has 0 bridgehead atoms. The summed E-state index contributed by atoms with van der Waals surface area (Å²) in [5.41, 5.74) is 2.70. The predicted octanol–water partition coefficient (Wildman–Crippen LogP) is 5.34. The highest BCUT2D eigenvalue weighted by atomic mass is 35.5. The molecular weight excluding hydrogens is 402 g/mol. The summed E-state index contributed by atoms with van der Waals surface area (Å²) in [4.78, 5) is 26.3. The SMILES string of the molecule is Cc1cc(C(=O)O)c(-c2ccccc2Cl)c(C(=O)O)c1CN(C)Cc1ccccc1. The molecule has 0 spiro atoms. The number of nitrogens with zero attached hydrogens (tertiary/aromatic N) is 1. The van der Waals surface area contributed by atoms with Crippen LogP contribution in [-0.4, -0.2) is 34.1 Å². The van der Waals surface area contributed by atoms with Gasteiger partial charge in [-0.05, 0) is 42.8 Å². The molecule has 0 saturated carbocycles. The molecule has 0 amide bonds. The molecule has 0 atom stereocenters. The van der Waals surface area contributed by atoms with E-state index in [9.17, 15) is 19.8 Å². The summed E-state index contributed by atoms with van der Waals surface area (Å²) < 4.78 is 0. The Labute approximate surface area is 180 Å². The Hall–Kier alpha value is -3.15. The van der Waals surface area contributed by atoms with Crippen LogP contribution < -0.4 is 0 Å². The topological polar surface area (TPSA) is 77.8 Å². The third kappa shape index (κ3) is 4.53. The van der Waals surface area contributed by atoms with Crippen LogP contribution in [0.5, 0.6) is 0 Å². The van der Waals surface area contributed by atoms with Crippen molar-refractivity contribution in [2.45, 2.75) is 20.0 Å². The molecule has 0 aliphatic heterocycles. The number of hydrogen-bond donors (Lipinski definition) is 2. The van der Waals surface area contributed by atoms with Gasteiger partial charge in [-0.25, -0.2) is 9.59 Å². The highest BCUT2D eigenvalue weighted by molar-refractivity contribution is 6.33. The lowest BCUT2D eigenvalue weighted by Crippen LogP contribution is -2.21. The lowest BCUT2D eigenvalue weighted by atomic mass is 9.87. The van der Waals surface area contributed by atoms with E-state index >= 15 is 0 Å². The van der Waals surface area contributed by atoms with Gasteiger partial charge in [-0.15, -0.1) is 0 Å². The van der Waals surface area contributed by atoms with Gasteiger partial charge in [0.2, 0.25) is 0 Å². The molecule has 0 unspecified atom stereocenters. The molecule has 3 rings (SSSR count). The Balaban J connectivity index is 2.16. The number of carboxylic acids is 2. The average molecular weight is 424 g/mol. The molecule has 0 radical (unpaired) electrons. The minimum Gasteiger partial charge on any atom is -0.478 e. The molecule has 3 aromatic rings. The molecule has 5 nitrogen and oxygen atoms in total. The highest BCUT2D eigenvalue weighted by Crippen LogP contribution is 2.37. The summed E-state index contributed by atoms with van der Waals surface area (Å²) in [5, 5.41) is 20.1. The Morgan fingerprint density at radius 3 is 2.17 bits per heavy atom. The minimum absolute atomic E-state index is 0.0274. The molecule has 0 saturated heterocycles. The normalized spacial score (nSPS) is 10.9. The number of hydrogen-bond acceptors (Lipinski definition) is 3. The summed E-state index contributed by atoms with van der Waals surface area (Å²) in [5.74, 6) is -2.38. The van der Waals surface area contributed by atoms with E-state index in [4.69, 9.17) is 11.6 Å². The van der Waals surface area contributed by atoms with Gasteiger partial charge >= 0.3 is 11.9 Å². The van der Waals surface area contributed by atoms with Crippen molar-refractivity contribution in [1.82, 2.24) is 4.90 Å². The van der Waals surface area contributed by atoms with Crippen molar-refractivity contribution in [2.75, 3.05) is 7.05 Å². The summed E-state index contributed by atoms with van der Waals surface area (Å²) in [6.45, 7) is 2.71. The standard InChI is InChI=1S/C24H22ClNO4/c1-15-12-18(23(27)28)21(17-10-6-7-11-20(17)25)22(24(29)30)19(15)14-26(2)13-16-8-4-3-5-9-16/h3-12H,13-14H2,1-2H3,(H,27,28)(H,29,30). The van der Waals surface area contributed by atoms with Crippen molar-refractivity contribution in [3.63, 3.8) is 0 Å². The van der Waals surface area contributed by atoms with Crippen LogP contribution >= 0.6 is 11.6 Å². The maximum Gasteiger partial charge on any atom is 0.336 e. The second-order valence-corrected chi connectivity index (χ2v) is 7.62. The smallest absolute Gasteiger partial charge is 0.336 e. The Kier molecular flexibility index (Phi) is 6.55. The third-order valence-corrected chi connectivity index (χ3v) is 5.30. The van der Waals surface area contributed by atoms with E-state index in [1.165, 1.54) is 6.07 Å². The highest BCUT2D eigenvalue weighted by Gasteiger charge is 2.27. The van der Waals surface area contributed by atoms with Crippen molar-refractivity contribution < 1.29 is 19.8 Å². The van der Waals surface area contributed by atoms with E-state index in [1.807, 2.05) is 42.3 Å². The second-order valence-electron chi connectivity index (χ2n) is 7.22. The van der Waals surface area contributed by atoms with Crippen molar-refractivity contribution in [1.29, 1.82) is 0 Å². The van der Waals surface area contributed by atoms with Gasteiger partial charge in [-0.3, -0.25) is 4.90 Å². The van der Waals surface area contributed by atoms with Crippen LogP contribution in [0.1, 0.15) is 37.4 Å².